The number of rotatable bonds is 2. The van der Waals surface area contributed by atoms with Crippen molar-refractivity contribution in [3.63, 3.8) is 0 Å². The fourth-order valence-corrected chi connectivity index (χ4v) is 2.64. The van der Waals surface area contributed by atoms with Crippen LogP contribution in [0.25, 0.3) is 11.8 Å². The zero-order chi connectivity index (χ0) is 19.9. The highest BCUT2D eigenvalue weighted by molar-refractivity contribution is 6.37. The number of benzene rings is 1. The van der Waals surface area contributed by atoms with Gasteiger partial charge in [-0.25, -0.2) is 4.68 Å². The molecular weight excluding hydrogens is 431 g/mol. The zero-order valence-corrected chi connectivity index (χ0v) is 14.3. The van der Waals surface area contributed by atoms with Crippen molar-refractivity contribution in [2.75, 3.05) is 0 Å². The maximum absolute atomic E-state index is 12.7. The first-order chi connectivity index (χ1) is 11.8. The van der Waals surface area contributed by atoms with Crippen LogP contribution in [0.2, 0.25) is 10.0 Å². The first-order valence-corrected chi connectivity index (χ1v) is 7.48. The van der Waals surface area contributed by atoms with Gasteiger partial charge in [-0.2, -0.15) is 36.7 Å². The Morgan fingerprint density at radius 3 is 2.08 bits per heavy atom. The molecule has 0 aliphatic heterocycles. The van der Waals surface area contributed by atoms with Crippen molar-refractivity contribution in [1.82, 2.24) is 9.78 Å². The molecule has 2 aromatic rings. The molecule has 0 bridgehead atoms. The first-order valence-electron chi connectivity index (χ1n) is 6.35. The minimum atomic E-state index is -4.85. The molecule has 0 spiro atoms. The number of hydrogen-bond donors (Lipinski definition) is 0. The minimum Gasteiger partial charge on any atom is -0.236 e. The second kappa shape index (κ2) is 7.02. The molecule has 138 valence electrons. The SMILES string of the molecule is N#Cc1nn(-c2c(Cl)cc(C(F)(F)F)cc2Cl)cc1/C=C(\Cl)C(F)(F)F. The molecule has 1 aromatic heterocycles. The van der Waals surface area contributed by atoms with E-state index in [9.17, 15) is 26.3 Å². The monoisotopic (exact) mass is 433 g/mol. The summed E-state index contributed by atoms with van der Waals surface area (Å²) in [4.78, 5) is 0. The second-order valence-corrected chi connectivity index (χ2v) is 5.99. The van der Waals surface area contributed by atoms with Crippen molar-refractivity contribution in [2.24, 2.45) is 0 Å². The van der Waals surface area contributed by atoms with Crippen molar-refractivity contribution >= 4 is 40.9 Å². The predicted molar refractivity (Wildman–Crippen MR) is 83.2 cm³/mol. The Bertz CT molecular complexity index is 898. The summed E-state index contributed by atoms with van der Waals surface area (Å²) in [6.45, 7) is 0. The van der Waals surface area contributed by atoms with Gasteiger partial charge in [0, 0.05) is 11.8 Å². The lowest BCUT2D eigenvalue weighted by atomic mass is 10.2. The quantitative estimate of drug-likeness (QED) is 0.527. The van der Waals surface area contributed by atoms with Crippen LogP contribution >= 0.6 is 34.8 Å². The maximum atomic E-state index is 12.7. The largest absolute Gasteiger partial charge is 0.426 e. The molecule has 1 heterocycles. The zero-order valence-electron chi connectivity index (χ0n) is 12.1. The Labute approximate surface area is 157 Å². The lowest BCUT2D eigenvalue weighted by Gasteiger charge is -2.12. The van der Waals surface area contributed by atoms with Crippen molar-refractivity contribution in [2.45, 2.75) is 12.4 Å². The molecule has 0 aliphatic carbocycles. The van der Waals surface area contributed by atoms with Crippen molar-refractivity contribution < 1.29 is 26.3 Å². The van der Waals surface area contributed by atoms with E-state index in [0.717, 1.165) is 10.9 Å². The molecule has 0 fully saturated rings. The van der Waals surface area contributed by atoms with Crippen molar-refractivity contribution in [3.05, 3.63) is 50.2 Å². The van der Waals surface area contributed by atoms with Gasteiger partial charge in [0.2, 0.25) is 0 Å². The van der Waals surface area contributed by atoms with Gasteiger partial charge in [0.1, 0.15) is 16.8 Å². The van der Waals surface area contributed by atoms with Gasteiger partial charge >= 0.3 is 12.4 Å². The van der Waals surface area contributed by atoms with E-state index >= 15 is 0 Å². The van der Waals surface area contributed by atoms with E-state index in [4.69, 9.17) is 40.1 Å². The first kappa shape index (κ1) is 20.4. The molecule has 0 saturated carbocycles. The van der Waals surface area contributed by atoms with Gasteiger partial charge in [0.15, 0.2) is 5.69 Å². The highest BCUT2D eigenvalue weighted by atomic mass is 35.5. The van der Waals surface area contributed by atoms with Gasteiger partial charge in [0.25, 0.3) is 0 Å². The molecule has 0 aliphatic rings. The molecule has 0 saturated heterocycles. The fraction of sp³-hybridized carbons (Fsp3) is 0.143. The Hall–Kier alpha value is -1.89. The van der Waals surface area contributed by atoms with Gasteiger partial charge in [-0.15, -0.1) is 0 Å². The topological polar surface area (TPSA) is 41.6 Å². The van der Waals surface area contributed by atoms with E-state index < -0.39 is 38.7 Å². The molecule has 3 nitrogen and oxygen atoms in total. The van der Waals surface area contributed by atoms with Crippen LogP contribution in [0.15, 0.2) is 23.4 Å². The van der Waals surface area contributed by atoms with Crippen LogP contribution in [0.5, 0.6) is 0 Å². The summed E-state index contributed by atoms with van der Waals surface area (Å²) in [7, 11) is 0. The molecule has 0 N–H and O–H groups in total. The number of nitrogens with zero attached hydrogens (tertiary/aromatic N) is 3. The van der Waals surface area contributed by atoms with Gasteiger partial charge in [-0.1, -0.05) is 34.8 Å². The summed E-state index contributed by atoms with van der Waals surface area (Å²) in [6.07, 6.45) is -8.16. The highest BCUT2D eigenvalue weighted by Crippen LogP contribution is 2.38. The highest BCUT2D eigenvalue weighted by Gasteiger charge is 2.34. The molecule has 0 atom stereocenters. The van der Waals surface area contributed by atoms with Crippen LogP contribution in [0.1, 0.15) is 16.8 Å². The van der Waals surface area contributed by atoms with Gasteiger partial charge in [-0.05, 0) is 18.2 Å². The van der Waals surface area contributed by atoms with Crippen LogP contribution in [0, 0.1) is 11.3 Å². The number of hydrogen-bond acceptors (Lipinski definition) is 2. The van der Waals surface area contributed by atoms with Crippen LogP contribution in [-0.2, 0) is 6.18 Å². The van der Waals surface area contributed by atoms with E-state index in [1.807, 2.05) is 0 Å². The molecule has 26 heavy (non-hydrogen) atoms. The molecule has 2 rings (SSSR count). The van der Waals surface area contributed by atoms with E-state index in [1.165, 1.54) is 0 Å². The number of nitriles is 1. The van der Waals surface area contributed by atoms with Crippen molar-refractivity contribution in [3.8, 4) is 11.8 Å². The van der Waals surface area contributed by atoms with E-state index in [1.54, 1.807) is 6.07 Å². The lowest BCUT2D eigenvalue weighted by molar-refractivity contribution is -0.137. The third-order valence-corrected chi connectivity index (χ3v) is 3.87. The fourth-order valence-electron chi connectivity index (χ4n) is 1.86. The standard InChI is InChI=1S/C14H4Cl3F6N3/c15-8-2-7(13(18,19)20)3-9(16)12(8)26-5-6(10(4-24)25-26)1-11(17)14(21,22)23/h1-3,5H/b11-1-. The third-order valence-electron chi connectivity index (χ3n) is 2.97. The number of allylic oxidation sites excluding steroid dienone is 1. The van der Waals surface area contributed by atoms with Crippen LogP contribution in [0.3, 0.4) is 0 Å². The normalized spacial score (nSPS) is 13.0. The van der Waals surface area contributed by atoms with Crippen LogP contribution in [-0.4, -0.2) is 16.0 Å². The third kappa shape index (κ3) is 4.26. The maximum Gasteiger partial charge on any atom is 0.426 e. The average Bonchev–Trinajstić information content (AvgIpc) is 2.87. The molecule has 12 heteroatoms. The summed E-state index contributed by atoms with van der Waals surface area (Å²) in [5.41, 5.74) is -2.13. The van der Waals surface area contributed by atoms with Crippen molar-refractivity contribution in [1.29, 1.82) is 5.26 Å². The van der Waals surface area contributed by atoms with Gasteiger partial charge in [-0.3, -0.25) is 0 Å². The summed E-state index contributed by atoms with van der Waals surface area (Å²) < 4.78 is 76.6. The Kier molecular flexibility index (Phi) is 5.52. The number of alkyl halides is 6. The second-order valence-electron chi connectivity index (χ2n) is 4.77. The number of aromatic nitrogens is 2. The summed E-state index contributed by atoms with van der Waals surface area (Å²) in [6, 6.07) is 2.70. The number of halogens is 9. The Balaban J connectivity index is 2.60. The molecule has 1 aromatic carbocycles. The molecule has 0 unspecified atom stereocenters. The molecular formula is C14H4Cl3F6N3. The van der Waals surface area contributed by atoms with E-state index in [0.29, 0.717) is 18.2 Å². The lowest BCUT2D eigenvalue weighted by Crippen LogP contribution is -2.07. The summed E-state index contributed by atoms with van der Waals surface area (Å²) in [5, 5.41) is 10.2. The van der Waals surface area contributed by atoms with Gasteiger partial charge in [0.05, 0.1) is 15.6 Å². The van der Waals surface area contributed by atoms with E-state index in [-0.39, 0.29) is 11.3 Å². The minimum absolute atomic E-state index is 0.236. The Morgan fingerprint density at radius 2 is 1.65 bits per heavy atom. The summed E-state index contributed by atoms with van der Waals surface area (Å²) >= 11 is 16.7. The average molecular weight is 435 g/mol. The van der Waals surface area contributed by atoms with Crippen LogP contribution < -0.4 is 0 Å². The van der Waals surface area contributed by atoms with E-state index in [2.05, 4.69) is 5.10 Å². The molecule has 0 amide bonds. The van der Waals surface area contributed by atoms with Crippen LogP contribution in [0.4, 0.5) is 26.3 Å². The van der Waals surface area contributed by atoms with Gasteiger partial charge < -0.3 is 0 Å². The summed E-state index contributed by atoms with van der Waals surface area (Å²) in [5.74, 6) is 0. The smallest absolute Gasteiger partial charge is 0.236 e. The predicted octanol–water partition coefficient (Wildman–Crippen LogP) is 6.21. The molecule has 0 radical (unpaired) electrons. The Morgan fingerprint density at radius 1 is 1.12 bits per heavy atom.